The first kappa shape index (κ1) is 30.9. The number of anilines is 2. The lowest BCUT2D eigenvalue weighted by atomic mass is 9.68. The maximum Gasteiger partial charge on any atom is 0.416 e. The van der Waals surface area contributed by atoms with E-state index in [9.17, 15) is 32.3 Å². The standard InChI is InChI=1S/C35H28F3N3O5S2/c1-16-8-10-19(11-9-16)39-24(42)15-46-21-7-2-4-17(12-21)25-26-22-14-23(29(26)47-31-30(25)48-34(45)40-31)28-27(22)32(43)41(33(28)44)20-6-3-5-18(13-20)35(36,37)38/h2-13,22-23,25-29H,14-15H2,1H3,(H,39,42)(H,40,45)/t22?,23?,25-,26?,27?,28?,29?/m1/s1. The molecule has 2 N–H and O–H groups in total. The number of carbonyl (C=O) groups is 3. The number of nitrogens with one attached hydrogen (secondary N) is 2. The van der Waals surface area contributed by atoms with Gasteiger partial charge in [0, 0.05) is 21.7 Å². The van der Waals surface area contributed by atoms with Gasteiger partial charge in [0.25, 0.3) is 5.91 Å². The van der Waals surface area contributed by atoms with E-state index < -0.39 is 35.4 Å². The van der Waals surface area contributed by atoms with Crippen molar-refractivity contribution in [3.63, 3.8) is 0 Å². The fourth-order valence-electron chi connectivity index (χ4n) is 8.25. The number of thioether (sulfide) groups is 1. The molecule has 13 heteroatoms. The molecule has 3 heterocycles. The predicted molar refractivity (Wildman–Crippen MR) is 174 cm³/mol. The van der Waals surface area contributed by atoms with Crippen LogP contribution in [0.15, 0.2) is 82.6 Å². The van der Waals surface area contributed by atoms with Crippen LogP contribution in [0.5, 0.6) is 5.75 Å². The quantitative estimate of drug-likeness (QED) is 0.225. The van der Waals surface area contributed by atoms with Gasteiger partial charge in [-0.3, -0.25) is 24.1 Å². The summed E-state index contributed by atoms with van der Waals surface area (Å²) >= 11 is 2.64. The summed E-state index contributed by atoms with van der Waals surface area (Å²) in [7, 11) is 0. The number of aryl methyl sites for hydroxylation is 1. The van der Waals surface area contributed by atoms with Crippen molar-refractivity contribution in [1.29, 1.82) is 0 Å². The minimum atomic E-state index is -4.62. The van der Waals surface area contributed by atoms with E-state index in [4.69, 9.17) is 4.74 Å². The minimum absolute atomic E-state index is 0.0690. The number of H-pyrrole nitrogens is 1. The Morgan fingerprint density at radius 2 is 1.71 bits per heavy atom. The number of fused-ring (bicyclic) bond motifs is 9. The first-order valence-electron chi connectivity index (χ1n) is 15.5. The maximum absolute atomic E-state index is 14.0. The normalized spacial score (nSPS) is 27.1. The highest BCUT2D eigenvalue weighted by Crippen LogP contribution is 2.68. The average Bonchev–Trinajstić information content (AvgIpc) is 3.79. The number of benzene rings is 3. The van der Waals surface area contributed by atoms with E-state index in [-0.39, 0.29) is 52.0 Å². The van der Waals surface area contributed by atoms with E-state index in [1.54, 1.807) is 6.07 Å². The molecule has 1 saturated heterocycles. The summed E-state index contributed by atoms with van der Waals surface area (Å²) in [6.45, 7) is 1.74. The SMILES string of the molecule is Cc1ccc(NC(=O)COc2cccc([C@H]3c4sc(=O)[nH]c4SC4C5CC(C6C(=O)N(c7cccc(C(F)(F)F)c7)C(=O)C56)C43)c2)cc1. The molecule has 6 unspecified atom stereocenters. The summed E-state index contributed by atoms with van der Waals surface area (Å²) in [6.07, 6.45) is -3.98. The highest BCUT2D eigenvalue weighted by molar-refractivity contribution is 8.00. The molecule has 48 heavy (non-hydrogen) atoms. The first-order valence-corrected chi connectivity index (χ1v) is 17.2. The van der Waals surface area contributed by atoms with Gasteiger partial charge in [0.1, 0.15) is 5.75 Å². The molecule has 246 valence electrons. The van der Waals surface area contributed by atoms with Crippen molar-refractivity contribution in [2.45, 2.75) is 35.7 Å². The number of nitrogens with zero attached hydrogens (tertiary/aromatic N) is 1. The molecular formula is C35H28F3N3O5S2. The molecule has 4 aromatic rings. The zero-order valence-electron chi connectivity index (χ0n) is 25.3. The number of rotatable bonds is 6. The van der Waals surface area contributed by atoms with Crippen molar-refractivity contribution < 1.29 is 32.3 Å². The third-order valence-corrected chi connectivity index (χ3v) is 12.7. The topological polar surface area (TPSA) is 109 Å². The predicted octanol–water partition coefficient (Wildman–Crippen LogP) is 6.46. The van der Waals surface area contributed by atoms with Crippen molar-refractivity contribution >= 4 is 52.2 Å². The number of alkyl halides is 3. The summed E-state index contributed by atoms with van der Waals surface area (Å²) in [5.74, 6) is -2.90. The van der Waals surface area contributed by atoms with Crippen molar-refractivity contribution in [2.75, 3.05) is 16.8 Å². The minimum Gasteiger partial charge on any atom is -0.484 e. The fourth-order valence-corrected chi connectivity index (χ4v) is 11.1. The Bertz CT molecular complexity index is 2030. The van der Waals surface area contributed by atoms with Gasteiger partial charge >= 0.3 is 11.0 Å². The third-order valence-electron chi connectivity index (χ3n) is 10.1. The number of halogens is 3. The number of aromatic nitrogens is 1. The Hall–Kier alpha value is -4.36. The third kappa shape index (κ3) is 5.06. The summed E-state index contributed by atoms with van der Waals surface area (Å²) < 4.78 is 46.4. The van der Waals surface area contributed by atoms with Gasteiger partial charge in [0.2, 0.25) is 11.8 Å². The molecule has 2 aliphatic carbocycles. The highest BCUT2D eigenvalue weighted by atomic mass is 32.2. The first-order chi connectivity index (χ1) is 23.0. The second kappa shape index (κ2) is 11.4. The van der Waals surface area contributed by atoms with Gasteiger partial charge in [-0.2, -0.15) is 13.2 Å². The number of hydrogen-bond donors (Lipinski definition) is 2. The average molecular weight is 692 g/mol. The number of imide groups is 1. The lowest BCUT2D eigenvalue weighted by Gasteiger charge is -2.43. The summed E-state index contributed by atoms with van der Waals surface area (Å²) in [5, 5.41) is 3.45. The number of ether oxygens (including phenoxy) is 1. The Morgan fingerprint density at radius 1 is 0.979 bits per heavy atom. The fraction of sp³-hybridized carbons (Fsp3) is 0.314. The van der Waals surface area contributed by atoms with Crippen molar-refractivity contribution in [3.8, 4) is 5.75 Å². The number of carbonyl (C=O) groups excluding carboxylic acids is 3. The van der Waals surface area contributed by atoms with Crippen LogP contribution in [-0.2, 0) is 20.6 Å². The van der Waals surface area contributed by atoms with Gasteiger partial charge < -0.3 is 15.0 Å². The van der Waals surface area contributed by atoms with Crippen LogP contribution in [0.2, 0.25) is 0 Å². The van der Waals surface area contributed by atoms with E-state index in [0.717, 1.165) is 49.4 Å². The summed E-state index contributed by atoms with van der Waals surface area (Å²) in [5.41, 5.74) is 1.59. The van der Waals surface area contributed by atoms with Crippen LogP contribution in [0.25, 0.3) is 0 Å². The number of aromatic amines is 1. The molecule has 3 amide bonds. The molecule has 3 fully saturated rings. The van der Waals surface area contributed by atoms with Crippen LogP contribution in [-0.4, -0.2) is 34.6 Å². The van der Waals surface area contributed by atoms with E-state index in [1.807, 2.05) is 49.4 Å². The van der Waals surface area contributed by atoms with Crippen molar-refractivity contribution in [1.82, 2.24) is 4.98 Å². The highest BCUT2D eigenvalue weighted by Gasteiger charge is 2.69. The van der Waals surface area contributed by atoms with Gasteiger partial charge in [0.15, 0.2) is 6.61 Å². The number of amides is 3. The molecule has 0 radical (unpaired) electrons. The zero-order chi connectivity index (χ0) is 33.5. The molecule has 1 aromatic heterocycles. The molecule has 2 saturated carbocycles. The molecule has 3 aromatic carbocycles. The molecule has 0 spiro atoms. The monoisotopic (exact) mass is 691 g/mol. The smallest absolute Gasteiger partial charge is 0.416 e. The molecule has 2 aliphatic heterocycles. The Morgan fingerprint density at radius 3 is 2.46 bits per heavy atom. The van der Waals surface area contributed by atoms with Gasteiger partial charge in [-0.15, -0.1) is 11.8 Å². The van der Waals surface area contributed by atoms with E-state index in [1.165, 1.54) is 23.9 Å². The van der Waals surface area contributed by atoms with Crippen LogP contribution in [0.1, 0.15) is 33.9 Å². The molecule has 4 aliphatic rings. The molecule has 7 atom stereocenters. The van der Waals surface area contributed by atoms with Gasteiger partial charge in [-0.25, -0.2) is 0 Å². The second-order valence-corrected chi connectivity index (χ2v) is 15.0. The van der Waals surface area contributed by atoms with E-state index in [0.29, 0.717) is 17.9 Å². The second-order valence-electron chi connectivity index (χ2n) is 12.8. The van der Waals surface area contributed by atoms with Crippen LogP contribution in [0, 0.1) is 36.5 Å². The number of hydrogen-bond acceptors (Lipinski definition) is 7. The van der Waals surface area contributed by atoms with Crippen LogP contribution >= 0.6 is 23.1 Å². The Kier molecular flexibility index (Phi) is 7.33. The summed E-state index contributed by atoms with van der Waals surface area (Å²) in [4.78, 5) is 57.6. The van der Waals surface area contributed by atoms with Crippen LogP contribution in [0.4, 0.5) is 24.5 Å². The molecular weight excluding hydrogens is 664 g/mol. The summed E-state index contributed by atoms with van der Waals surface area (Å²) in [6, 6.07) is 19.1. The van der Waals surface area contributed by atoms with E-state index >= 15 is 0 Å². The Balaban J connectivity index is 1.08. The number of thiazole rings is 1. The molecule has 8 rings (SSSR count). The van der Waals surface area contributed by atoms with Crippen LogP contribution in [0.3, 0.4) is 0 Å². The lowest BCUT2D eigenvalue weighted by molar-refractivity contribution is -0.137. The van der Waals surface area contributed by atoms with Crippen molar-refractivity contribution in [3.05, 3.63) is 104 Å². The molecule has 8 nitrogen and oxygen atoms in total. The van der Waals surface area contributed by atoms with Gasteiger partial charge in [0.05, 0.1) is 28.1 Å². The Labute approximate surface area is 280 Å². The largest absolute Gasteiger partial charge is 0.484 e. The van der Waals surface area contributed by atoms with Crippen LogP contribution < -0.4 is 19.8 Å². The lowest BCUT2D eigenvalue weighted by Crippen LogP contribution is -2.42. The van der Waals surface area contributed by atoms with E-state index in [2.05, 4.69) is 10.3 Å². The van der Waals surface area contributed by atoms with Gasteiger partial charge in [-0.05, 0) is 79.1 Å². The van der Waals surface area contributed by atoms with Gasteiger partial charge in [-0.1, -0.05) is 47.2 Å². The zero-order valence-corrected chi connectivity index (χ0v) is 27.0. The maximum atomic E-state index is 14.0. The molecule has 2 bridgehead atoms. The van der Waals surface area contributed by atoms with Crippen molar-refractivity contribution in [2.24, 2.45) is 29.6 Å².